The van der Waals surface area contributed by atoms with Crippen LogP contribution in [-0.4, -0.2) is 6.54 Å². The summed E-state index contributed by atoms with van der Waals surface area (Å²) in [5, 5.41) is 1.26. The summed E-state index contributed by atoms with van der Waals surface area (Å²) in [7, 11) is 0. The van der Waals surface area contributed by atoms with Gasteiger partial charge in [-0.1, -0.05) is 12.1 Å². The molecule has 14 heavy (non-hydrogen) atoms. The van der Waals surface area contributed by atoms with E-state index < -0.39 is 0 Å². The van der Waals surface area contributed by atoms with E-state index in [1.165, 1.54) is 16.5 Å². The smallest absolute Gasteiger partial charge is 0.134 e. The molecule has 0 atom stereocenters. The van der Waals surface area contributed by atoms with Gasteiger partial charge in [-0.25, -0.2) is 0 Å². The molecule has 1 aromatic heterocycles. The van der Waals surface area contributed by atoms with Gasteiger partial charge in [0.2, 0.25) is 0 Å². The van der Waals surface area contributed by atoms with Crippen molar-refractivity contribution in [2.45, 2.75) is 19.8 Å². The lowest BCUT2D eigenvalue weighted by atomic mass is 10.0. The van der Waals surface area contributed by atoms with Crippen molar-refractivity contribution in [3.63, 3.8) is 0 Å². The van der Waals surface area contributed by atoms with Crippen LogP contribution in [0.3, 0.4) is 0 Å². The summed E-state index contributed by atoms with van der Waals surface area (Å²) >= 11 is 0. The summed E-state index contributed by atoms with van der Waals surface area (Å²) in [6.45, 7) is 2.82. The second-order valence-corrected chi connectivity index (χ2v) is 3.60. The lowest BCUT2D eigenvalue weighted by Crippen LogP contribution is -2.00. The number of nitrogens with two attached hydrogens (primary N) is 1. The first-order valence-electron chi connectivity index (χ1n) is 4.98. The van der Waals surface area contributed by atoms with Gasteiger partial charge >= 0.3 is 0 Å². The first-order valence-corrected chi connectivity index (χ1v) is 4.98. The number of fused-ring (bicyclic) bond motifs is 1. The molecule has 0 radical (unpaired) electrons. The van der Waals surface area contributed by atoms with Gasteiger partial charge in [0, 0.05) is 5.39 Å². The van der Waals surface area contributed by atoms with Crippen LogP contribution in [0.2, 0.25) is 0 Å². The summed E-state index contributed by atoms with van der Waals surface area (Å²) < 4.78 is 5.44. The zero-order chi connectivity index (χ0) is 9.97. The molecule has 0 saturated heterocycles. The average molecular weight is 189 g/mol. The van der Waals surface area contributed by atoms with Gasteiger partial charge in [-0.15, -0.1) is 0 Å². The molecule has 0 spiro atoms. The molecule has 0 fully saturated rings. The van der Waals surface area contributed by atoms with Crippen molar-refractivity contribution in [1.82, 2.24) is 0 Å². The van der Waals surface area contributed by atoms with Crippen LogP contribution in [0.4, 0.5) is 0 Å². The summed E-state index contributed by atoms with van der Waals surface area (Å²) in [5.41, 5.74) is 9.06. The third-order valence-corrected chi connectivity index (χ3v) is 2.52. The highest BCUT2D eigenvalue weighted by molar-refractivity contribution is 5.84. The molecule has 0 amide bonds. The minimum absolute atomic E-state index is 0.743. The molecule has 2 rings (SSSR count). The van der Waals surface area contributed by atoms with Crippen LogP contribution >= 0.6 is 0 Å². The van der Waals surface area contributed by atoms with Gasteiger partial charge in [-0.3, -0.25) is 0 Å². The number of hydrogen-bond donors (Lipinski definition) is 1. The number of furan rings is 1. The van der Waals surface area contributed by atoms with Crippen LogP contribution in [0.25, 0.3) is 11.0 Å². The molecule has 2 N–H and O–H groups in total. The minimum atomic E-state index is 0.743. The van der Waals surface area contributed by atoms with E-state index in [9.17, 15) is 0 Å². The monoisotopic (exact) mass is 189 g/mol. The normalized spacial score (nSPS) is 11.0. The van der Waals surface area contributed by atoms with E-state index in [0.717, 1.165) is 25.0 Å². The van der Waals surface area contributed by atoms with Crippen LogP contribution in [0, 0.1) is 6.92 Å². The van der Waals surface area contributed by atoms with Crippen LogP contribution < -0.4 is 5.73 Å². The Balaban J connectivity index is 2.46. The highest BCUT2D eigenvalue weighted by atomic mass is 16.3. The average Bonchev–Trinajstić information content (AvgIpc) is 2.58. The van der Waals surface area contributed by atoms with Gasteiger partial charge in [0.15, 0.2) is 0 Å². The Hall–Kier alpha value is -1.28. The summed E-state index contributed by atoms with van der Waals surface area (Å²) in [6, 6.07) is 6.20. The van der Waals surface area contributed by atoms with Crippen molar-refractivity contribution < 1.29 is 4.42 Å². The molecular formula is C12H15NO. The first kappa shape index (κ1) is 9.28. The summed E-state index contributed by atoms with van der Waals surface area (Å²) in [4.78, 5) is 0. The van der Waals surface area contributed by atoms with Crippen molar-refractivity contribution in [3.8, 4) is 0 Å². The number of aryl methyl sites for hydroxylation is 2. The molecule has 2 nitrogen and oxygen atoms in total. The Morgan fingerprint density at radius 1 is 1.36 bits per heavy atom. The van der Waals surface area contributed by atoms with Crippen molar-refractivity contribution in [1.29, 1.82) is 0 Å². The highest BCUT2D eigenvalue weighted by Crippen LogP contribution is 2.24. The SMILES string of the molecule is Cc1coc2cccc(CCCN)c12. The van der Waals surface area contributed by atoms with Crippen molar-refractivity contribution in [2.75, 3.05) is 6.54 Å². The molecule has 0 saturated carbocycles. The minimum Gasteiger partial charge on any atom is -0.464 e. The van der Waals surface area contributed by atoms with Gasteiger partial charge in [0.25, 0.3) is 0 Å². The number of hydrogen-bond acceptors (Lipinski definition) is 2. The quantitative estimate of drug-likeness (QED) is 0.806. The molecule has 0 bridgehead atoms. The molecular weight excluding hydrogens is 174 g/mol. The van der Waals surface area contributed by atoms with Gasteiger partial charge in [0.05, 0.1) is 6.26 Å². The molecule has 2 aromatic rings. The van der Waals surface area contributed by atoms with Crippen molar-refractivity contribution in [3.05, 3.63) is 35.6 Å². The molecule has 0 aliphatic carbocycles. The molecule has 74 valence electrons. The predicted molar refractivity (Wildman–Crippen MR) is 58.3 cm³/mol. The van der Waals surface area contributed by atoms with E-state index in [0.29, 0.717) is 0 Å². The molecule has 0 unspecified atom stereocenters. The molecule has 0 aliphatic heterocycles. The third-order valence-electron chi connectivity index (χ3n) is 2.52. The fraction of sp³-hybridized carbons (Fsp3) is 0.333. The van der Waals surface area contributed by atoms with Crippen LogP contribution in [0.1, 0.15) is 17.5 Å². The van der Waals surface area contributed by atoms with E-state index in [1.54, 1.807) is 0 Å². The summed E-state index contributed by atoms with van der Waals surface area (Å²) in [5.74, 6) is 0. The van der Waals surface area contributed by atoms with Gasteiger partial charge in [-0.2, -0.15) is 0 Å². The largest absolute Gasteiger partial charge is 0.464 e. The van der Waals surface area contributed by atoms with Gasteiger partial charge in [-0.05, 0) is 43.5 Å². The van der Waals surface area contributed by atoms with Crippen LogP contribution in [0.5, 0.6) is 0 Å². The molecule has 1 aromatic carbocycles. The Labute approximate surface area is 83.7 Å². The fourth-order valence-corrected chi connectivity index (χ4v) is 1.83. The second-order valence-electron chi connectivity index (χ2n) is 3.60. The maximum absolute atomic E-state index is 5.51. The van der Waals surface area contributed by atoms with Gasteiger partial charge in [0.1, 0.15) is 5.58 Å². The maximum atomic E-state index is 5.51. The third kappa shape index (κ3) is 1.53. The van der Waals surface area contributed by atoms with Crippen LogP contribution in [0.15, 0.2) is 28.9 Å². The number of benzene rings is 1. The van der Waals surface area contributed by atoms with Crippen molar-refractivity contribution in [2.24, 2.45) is 5.73 Å². The molecule has 2 heteroatoms. The zero-order valence-corrected chi connectivity index (χ0v) is 8.42. The lowest BCUT2D eigenvalue weighted by Gasteiger charge is -2.01. The van der Waals surface area contributed by atoms with E-state index in [1.807, 2.05) is 18.4 Å². The zero-order valence-electron chi connectivity index (χ0n) is 8.42. The topological polar surface area (TPSA) is 39.2 Å². The Kier molecular flexibility index (Phi) is 2.55. The standard InChI is InChI=1S/C12H15NO/c1-9-8-14-11-6-2-4-10(12(9)11)5-3-7-13/h2,4,6,8H,3,5,7,13H2,1H3. The molecule has 1 heterocycles. The highest BCUT2D eigenvalue weighted by Gasteiger charge is 2.06. The maximum Gasteiger partial charge on any atom is 0.134 e. The van der Waals surface area contributed by atoms with Crippen LogP contribution in [-0.2, 0) is 6.42 Å². The predicted octanol–water partition coefficient (Wildman–Crippen LogP) is 2.63. The Morgan fingerprint density at radius 3 is 3.00 bits per heavy atom. The first-order chi connectivity index (χ1) is 6.83. The fourth-order valence-electron chi connectivity index (χ4n) is 1.83. The summed E-state index contributed by atoms with van der Waals surface area (Å²) in [6.07, 6.45) is 3.88. The van der Waals surface area contributed by atoms with E-state index >= 15 is 0 Å². The molecule has 0 aliphatic rings. The van der Waals surface area contributed by atoms with E-state index in [-0.39, 0.29) is 0 Å². The Bertz CT molecular complexity index is 431. The second kappa shape index (κ2) is 3.84. The Morgan fingerprint density at radius 2 is 2.21 bits per heavy atom. The lowest BCUT2D eigenvalue weighted by molar-refractivity contribution is 0.613. The van der Waals surface area contributed by atoms with E-state index in [2.05, 4.69) is 13.0 Å². The van der Waals surface area contributed by atoms with Crippen molar-refractivity contribution >= 4 is 11.0 Å². The van der Waals surface area contributed by atoms with E-state index in [4.69, 9.17) is 10.2 Å². The van der Waals surface area contributed by atoms with Gasteiger partial charge < -0.3 is 10.2 Å². The number of rotatable bonds is 3.